The third kappa shape index (κ3) is 3.34. The van der Waals surface area contributed by atoms with Gasteiger partial charge < -0.3 is 10.1 Å². The number of ether oxygens (including phenoxy) is 1. The second-order valence-electron chi connectivity index (χ2n) is 7.30. The van der Waals surface area contributed by atoms with Crippen LogP contribution in [0.25, 0.3) is 10.9 Å². The first kappa shape index (κ1) is 20.1. The molecule has 1 saturated carbocycles. The van der Waals surface area contributed by atoms with Crippen LogP contribution in [0.5, 0.6) is 0 Å². The lowest BCUT2D eigenvalue weighted by molar-refractivity contribution is -0.143. The maximum atomic E-state index is 14.5. The molecule has 1 aromatic carbocycles. The molecule has 1 fully saturated rings. The van der Waals surface area contributed by atoms with E-state index in [1.165, 1.54) is 25.6 Å². The van der Waals surface area contributed by atoms with Crippen LogP contribution in [0.3, 0.4) is 0 Å². The molecule has 1 aliphatic rings. The van der Waals surface area contributed by atoms with E-state index in [9.17, 15) is 18.0 Å². The Bertz CT molecular complexity index is 1120. The number of carbonyl (C=O) groups excluding carboxylic acids is 1. The summed E-state index contributed by atoms with van der Waals surface area (Å²) in [6.45, 7) is 1.65. The molecule has 30 heavy (non-hydrogen) atoms. The zero-order valence-corrected chi connectivity index (χ0v) is 16.3. The van der Waals surface area contributed by atoms with Gasteiger partial charge in [0.1, 0.15) is 23.4 Å². The van der Waals surface area contributed by atoms with E-state index in [4.69, 9.17) is 4.74 Å². The summed E-state index contributed by atoms with van der Waals surface area (Å²) in [5, 5.41) is 3.66. The van der Waals surface area contributed by atoms with Gasteiger partial charge in [0.2, 0.25) is 0 Å². The first-order valence-corrected chi connectivity index (χ1v) is 9.40. The molecule has 0 aliphatic heterocycles. The fourth-order valence-electron chi connectivity index (χ4n) is 3.58. The monoisotopic (exact) mass is 416 g/mol. The maximum Gasteiger partial charge on any atom is 0.317 e. The van der Waals surface area contributed by atoms with Crippen LogP contribution < -0.4 is 5.32 Å². The zero-order chi connectivity index (χ0) is 21.5. The Morgan fingerprint density at radius 2 is 1.93 bits per heavy atom. The number of anilines is 1. The smallest absolute Gasteiger partial charge is 0.317 e. The number of methoxy groups -OCH3 is 1. The SMILES string of the molecule is COC(=O)C1(c2cc3c(N[C@H](C)c4cccc(C(F)F)c4F)ncnc3cn2)CC1. The lowest BCUT2D eigenvalue weighted by Gasteiger charge is -2.19. The molecule has 9 heteroatoms. The molecule has 0 spiro atoms. The molecule has 2 heterocycles. The van der Waals surface area contributed by atoms with E-state index >= 15 is 0 Å². The number of hydrogen-bond donors (Lipinski definition) is 1. The predicted octanol–water partition coefficient (Wildman–Crippen LogP) is 4.48. The lowest BCUT2D eigenvalue weighted by Crippen LogP contribution is -2.23. The summed E-state index contributed by atoms with van der Waals surface area (Å²) in [5.74, 6) is -0.908. The number of carbonyl (C=O) groups is 1. The molecule has 0 unspecified atom stereocenters. The molecule has 6 nitrogen and oxygen atoms in total. The van der Waals surface area contributed by atoms with Crippen LogP contribution in [0.2, 0.25) is 0 Å². The first-order chi connectivity index (χ1) is 14.4. The number of halogens is 3. The number of hydrogen-bond acceptors (Lipinski definition) is 6. The molecule has 0 radical (unpaired) electrons. The van der Waals surface area contributed by atoms with E-state index < -0.39 is 29.3 Å². The van der Waals surface area contributed by atoms with Crippen LogP contribution in [0.15, 0.2) is 36.8 Å². The van der Waals surface area contributed by atoms with Crippen molar-refractivity contribution in [1.82, 2.24) is 15.0 Å². The quantitative estimate of drug-likeness (QED) is 0.597. The fraction of sp³-hybridized carbons (Fsp3) is 0.333. The molecule has 1 aliphatic carbocycles. The Hall–Kier alpha value is -3.23. The van der Waals surface area contributed by atoms with Crippen molar-refractivity contribution in [3.8, 4) is 0 Å². The highest BCUT2D eigenvalue weighted by Crippen LogP contribution is 2.49. The van der Waals surface area contributed by atoms with Gasteiger partial charge in [-0.1, -0.05) is 18.2 Å². The predicted molar refractivity (Wildman–Crippen MR) is 104 cm³/mol. The Kier molecular flexibility index (Phi) is 5.05. The Morgan fingerprint density at radius 1 is 1.20 bits per heavy atom. The number of fused-ring (bicyclic) bond motifs is 1. The van der Waals surface area contributed by atoms with Gasteiger partial charge in [-0.25, -0.2) is 23.1 Å². The summed E-state index contributed by atoms with van der Waals surface area (Å²) >= 11 is 0. The van der Waals surface area contributed by atoms with Crippen LogP contribution in [0, 0.1) is 5.82 Å². The third-order valence-corrected chi connectivity index (χ3v) is 5.45. The molecule has 0 amide bonds. The van der Waals surface area contributed by atoms with Gasteiger partial charge in [-0.15, -0.1) is 0 Å². The van der Waals surface area contributed by atoms with Gasteiger partial charge >= 0.3 is 5.97 Å². The molecule has 0 bridgehead atoms. The molecule has 1 atom stereocenters. The first-order valence-electron chi connectivity index (χ1n) is 9.40. The summed E-state index contributed by atoms with van der Waals surface area (Å²) in [4.78, 5) is 25.0. The number of alkyl halides is 2. The van der Waals surface area contributed by atoms with Crippen molar-refractivity contribution in [3.05, 3.63) is 59.4 Å². The third-order valence-electron chi connectivity index (χ3n) is 5.45. The van der Waals surface area contributed by atoms with E-state index in [0.29, 0.717) is 35.3 Å². The largest absolute Gasteiger partial charge is 0.468 e. The van der Waals surface area contributed by atoms with Crippen LogP contribution in [0.1, 0.15) is 49.1 Å². The molecule has 156 valence electrons. The van der Waals surface area contributed by atoms with E-state index in [-0.39, 0.29) is 11.5 Å². The summed E-state index contributed by atoms with van der Waals surface area (Å²) in [6, 6.07) is 4.99. The summed E-state index contributed by atoms with van der Waals surface area (Å²) in [6.07, 6.45) is 1.24. The molecular formula is C21H19F3N4O2. The minimum Gasteiger partial charge on any atom is -0.468 e. The highest BCUT2D eigenvalue weighted by atomic mass is 19.3. The van der Waals surface area contributed by atoms with Gasteiger partial charge in [0.15, 0.2) is 0 Å². The number of benzene rings is 1. The van der Waals surface area contributed by atoms with Gasteiger partial charge in [-0.2, -0.15) is 0 Å². The van der Waals surface area contributed by atoms with E-state index in [1.807, 2.05) is 0 Å². The Morgan fingerprint density at radius 3 is 2.60 bits per heavy atom. The normalized spacial score (nSPS) is 15.8. The minimum atomic E-state index is -2.90. The molecule has 2 aromatic heterocycles. The highest BCUT2D eigenvalue weighted by Gasteiger charge is 2.54. The number of nitrogens with zero attached hydrogens (tertiary/aromatic N) is 3. The summed E-state index contributed by atoms with van der Waals surface area (Å²) in [7, 11) is 1.34. The van der Waals surface area contributed by atoms with Crippen LogP contribution in [-0.2, 0) is 14.9 Å². The lowest BCUT2D eigenvalue weighted by atomic mass is 10.0. The van der Waals surface area contributed by atoms with Gasteiger partial charge in [-0.05, 0) is 25.8 Å². The van der Waals surface area contributed by atoms with Crippen molar-refractivity contribution in [2.75, 3.05) is 12.4 Å². The van der Waals surface area contributed by atoms with Crippen LogP contribution in [-0.4, -0.2) is 28.0 Å². The molecule has 3 aromatic rings. The van der Waals surface area contributed by atoms with Crippen molar-refractivity contribution in [2.45, 2.75) is 37.6 Å². The number of esters is 1. The minimum absolute atomic E-state index is 0.0991. The molecule has 0 saturated heterocycles. The van der Waals surface area contributed by atoms with Gasteiger partial charge in [0.05, 0.1) is 36.1 Å². The molecule has 1 N–H and O–H groups in total. The van der Waals surface area contributed by atoms with Crippen LogP contribution >= 0.6 is 0 Å². The summed E-state index contributed by atoms with van der Waals surface area (Å²) in [5.41, 5.74) is -0.223. The van der Waals surface area contributed by atoms with Gasteiger partial charge in [-0.3, -0.25) is 9.78 Å². The second-order valence-corrected chi connectivity index (χ2v) is 7.30. The average Bonchev–Trinajstić information content (AvgIpc) is 3.55. The maximum absolute atomic E-state index is 14.5. The van der Waals surface area contributed by atoms with E-state index in [2.05, 4.69) is 20.3 Å². The van der Waals surface area contributed by atoms with Crippen LogP contribution in [0.4, 0.5) is 19.0 Å². The number of nitrogens with one attached hydrogen (secondary N) is 1. The zero-order valence-electron chi connectivity index (χ0n) is 16.3. The molecule has 4 rings (SSSR count). The second kappa shape index (κ2) is 7.55. The Labute approximate surface area is 170 Å². The number of aromatic nitrogens is 3. The van der Waals surface area contributed by atoms with Gasteiger partial charge in [0, 0.05) is 10.9 Å². The number of pyridine rings is 1. The van der Waals surface area contributed by atoms with Crippen molar-refractivity contribution < 1.29 is 22.7 Å². The van der Waals surface area contributed by atoms with Crippen molar-refractivity contribution in [1.29, 1.82) is 0 Å². The fourth-order valence-corrected chi connectivity index (χ4v) is 3.58. The van der Waals surface area contributed by atoms with Crippen molar-refractivity contribution >= 4 is 22.7 Å². The van der Waals surface area contributed by atoms with Crippen molar-refractivity contribution in [3.63, 3.8) is 0 Å². The Balaban J connectivity index is 1.71. The summed E-state index contributed by atoms with van der Waals surface area (Å²) < 4.78 is 45.5. The van der Waals surface area contributed by atoms with Gasteiger partial charge in [0.25, 0.3) is 6.43 Å². The van der Waals surface area contributed by atoms with E-state index in [0.717, 1.165) is 6.07 Å². The highest BCUT2D eigenvalue weighted by molar-refractivity contribution is 5.92. The van der Waals surface area contributed by atoms with Crippen molar-refractivity contribution in [2.24, 2.45) is 0 Å². The van der Waals surface area contributed by atoms with E-state index in [1.54, 1.807) is 19.2 Å². The topological polar surface area (TPSA) is 77.0 Å². The average molecular weight is 416 g/mol. The number of rotatable bonds is 6. The molecular weight excluding hydrogens is 397 g/mol. The standard InChI is InChI=1S/C21H19F3N4O2/c1-11(12-4-3-5-13(17(12)22)18(23)24)28-19-14-8-16(21(6-7-21)20(29)30-2)25-9-15(14)26-10-27-19/h3-5,8-11,18H,6-7H2,1-2H3,(H,26,27,28)/t11-/m1/s1.